The second-order valence-corrected chi connectivity index (χ2v) is 6.95. The summed E-state index contributed by atoms with van der Waals surface area (Å²) >= 11 is 1.38. The van der Waals surface area contributed by atoms with E-state index >= 15 is 0 Å². The molecule has 2 rings (SSSR count). The summed E-state index contributed by atoms with van der Waals surface area (Å²) in [6.07, 6.45) is -0.766. The number of carbonyl (C=O) groups excluding carboxylic acids is 2. The van der Waals surface area contributed by atoms with Crippen molar-refractivity contribution in [3.05, 3.63) is 11.3 Å². The van der Waals surface area contributed by atoms with Crippen LogP contribution >= 0.6 is 11.8 Å². The highest BCUT2D eigenvalue weighted by atomic mass is 32.2. The number of fused-ring (bicyclic) bond motifs is 1. The highest BCUT2D eigenvalue weighted by molar-refractivity contribution is 8.01. The van der Waals surface area contributed by atoms with Crippen LogP contribution in [-0.2, 0) is 14.3 Å². The van der Waals surface area contributed by atoms with E-state index < -0.39 is 28.9 Å². The Hall–Kier alpha value is -2.03. The maximum absolute atomic E-state index is 12.0. The number of thioether (sulfide) groups is 1. The summed E-state index contributed by atoms with van der Waals surface area (Å²) in [4.78, 5) is 36.0. The van der Waals surface area contributed by atoms with Gasteiger partial charge < -0.3 is 9.84 Å². The van der Waals surface area contributed by atoms with E-state index in [1.54, 1.807) is 27.7 Å². The van der Waals surface area contributed by atoms with Crippen LogP contribution in [0.2, 0.25) is 0 Å². The van der Waals surface area contributed by atoms with Crippen LogP contribution in [0.15, 0.2) is 16.4 Å². The number of amides is 2. The van der Waals surface area contributed by atoms with Crippen molar-refractivity contribution in [2.24, 2.45) is 5.10 Å². The lowest BCUT2D eigenvalue weighted by Gasteiger charge is -2.43. The Morgan fingerprint density at radius 2 is 2.09 bits per heavy atom. The van der Waals surface area contributed by atoms with Gasteiger partial charge >= 0.3 is 12.1 Å². The quantitative estimate of drug-likeness (QED) is 0.581. The van der Waals surface area contributed by atoms with Gasteiger partial charge in [0.15, 0.2) is 5.71 Å². The molecule has 0 aromatic heterocycles. The third kappa shape index (κ3) is 3.08. The lowest BCUT2D eigenvalue weighted by molar-refractivity contribution is -0.139. The summed E-state index contributed by atoms with van der Waals surface area (Å²) in [5.74, 6) is -1.18. The van der Waals surface area contributed by atoms with Crippen LogP contribution in [0, 0.1) is 0 Å². The van der Waals surface area contributed by atoms with Crippen LogP contribution in [0.5, 0.6) is 0 Å². The highest BCUT2D eigenvalue weighted by Gasteiger charge is 2.51. The molecule has 8 nitrogen and oxygen atoms in total. The zero-order chi connectivity index (χ0) is 16.7. The molecule has 1 atom stereocenters. The summed E-state index contributed by atoms with van der Waals surface area (Å²) < 4.78 is 5.01. The fraction of sp³-hybridized carbons (Fsp3) is 0.538. The Balaban J connectivity index is 2.09. The predicted molar refractivity (Wildman–Crippen MR) is 80.2 cm³/mol. The van der Waals surface area contributed by atoms with Crippen molar-refractivity contribution >= 4 is 35.4 Å². The van der Waals surface area contributed by atoms with E-state index in [0.29, 0.717) is 11.3 Å². The van der Waals surface area contributed by atoms with Crippen LogP contribution < -0.4 is 5.43 Å². The number of hydrogen-bond acceptors (Lipinski definition) is 6. The minimum Gasteiger partial charge on any atom is -0.477 e. The number of nitrogens with zero attached hydrogens (tertiary/aromatic N) is 2. The molecule has 2 amide bonds. The first-order valence-electron chi connectivity index (χ1n) is 6.56. The number of aliphatic carboxylic acids is 1. The summed E-state index contributed by atoms with van der Waals surface area (Å²) in [6.45, 7) is 6.80. The molecule has 9 heteroatoms. The van der Waals surface area contributed by atoms with Crippen molar-refractivity contribution in [3.8, 4) is 0 Å². The molecule has 22 heavy (non-hydrogen) atoms. The molecule has 2 N–H and O–H groups in total. The van der Waals surface area contributed by atoms with E-state index in [1.807, 2.05) is 0 Å². The number of carboxylic acids is 1. The van der Waals surface area contributed by atoms with Crippen LogP contribution in [0.25, 0.3) is 0 Å². The molecule has 0 bridgehead atoms. The van der Waals surface area contributed by atoms with E-state index in [-0.39, 0.29) is 11.4 Å². The summed E-state index contributed by atoms with van der Waals surface area (Å²) in [5.41, 5.74) is 2.22. The number of nitrogens with one attached hydrogen (secondary N) is 1. The minimum atomic E-state index is -1.14. The van der Waals surface area contributed by atoms with Gasteiger partial charge in [0, 0.05) is 5.75 Å². The predicted octanol–water partition coefficient (Wildman–Crippen LogP) is 1.14. The number of hydrogen-bond donors (Lipinski definition) is 2. The lowest BCUT2D eigenvalue weighted by Crippen LogP contribution is -2.62. The second-order valence-electron chi connectivity index (χ2n) is 5.88. The number of carboxylic acid groups (broad SMARTS) is 1. The molecule has 0 aromatic rings. The van der Waals surface area contributed by atoms with Gasteiger partial charge in [-0.25, -0.2) is 15.0 Å². The van der Waals surface area contributed by atoms with E-state index in [1.165, 1.54) is 16.7 Å². The lowest BCUT2D eigenvalue weighted by atomic mass is 10.1. The number of rotatable bonds is 2. The SMILES string of the molecule is CC1=C(C(=O)O)N2C(=O)/C(=N\NC(=O)OC(C)(C)C)[C@H]2SC1. The van der Waals surface area contributed by atoms with Crippen molar-refractivity contribution in [2.75, 3.05) is 5.75 Å². The zero-order valence-electron chi connectivity index (χ0n) is 12.7. The van der Waals surface area contributed by atoms with Gasteiger partial charge in [0.05, 0.1) is 0 Å². The second kappa shape index (κ2) is 5.64. The Morgan fingerprint density at radius 1 is 1.45 bits per heavy atom. The summed E-state index contributed by atoms with van der Waals surface area (Å²) in [5, 5.41) is 12.5. The van der Waals surface area contributed by atoms with Crippen molar-refractivity contribution in [1.82, 2.24) is 10.3 Å². The Morgan fingerprint density at radius 3 is 2.64 bits per heavy atom. The molecule has 0 aromatic carbocycles. The standard InChI is InChI=1S/C13H17N3O5S/c1-6-5-22-10-7(9(17)16(10)8(6)11(18)19)14-15-12(20)21-13(2,3)4/h10H,5H2,1-4H3,(H,15,20)(H,18,19)/b14-7+/t10-/m1/s1. The first-order valence-corrected chi connectivity index (χ1v) is 7.61. The minimum absolute atomic E-state index is 0.00929. The molecule has 0 aliphatic carbocycles. The maximum Gasteiger partial charge on any atom is 0.428 e. The van der Waals surface area contributed by atoms with Gasteiger partial charge in [-0.1, -0.05) is 0 Å². The number of hydrazone groups is 1. The van der Waals surface area contributed by atoms with Gasteiger partial charge in [0.1, 0.15) is 16.7 Å². The molecule has 1 fully saturated rings. The average molecular weight is 327 g/mol. The Bertz CT molecular complexity index is 605. The smallest absolute Gasteiger partial charge is 0.428 e. The Labute approximate surface area is 131 Å². The molecule has 0 radical (unpaired) electrons. The van der Waals surface area contributed by atoms with Crippen molar-refractivity contribution < 1.29 is 24.2 Å². The van der Waals surface area contributed by atoms with E-state index in [0.717, 1.165) is 0 Å². The third-order valence-corrected chi connectivity index (χ3v) is 4.23. The van der Waals surface area contributed by atoms with Gasteiger partial charge in [-0.05, 0) is 33.3 Å². The monoisotopic (exact) mass is 327 g/mol. The van der Waals surface area contributed by atoms with Gasteiger partial charge in [0.25, 0.3) is 5.91 Å². The topological polar surface area (TPSA) is 108 Å². The molecule has 0 unspecified atom stereocenters. The van der Waals surface area contributed by atoms with Crippen LogP contribution in [0.3, 0.4) is 0 Å². The molecular formula is C13H17N3O5S. The molecular weight excluding hydrogens is 310 g/mol. The maximum atomic E-state index is 12.0. The number of β-lactam (4-membered cyclic amide) rings is 1. The zero-order valence-corrected chi connectivity index (χ0v) is 13.5. The first kappa shape index (κ1) is 16.3. The fourth-order valence-corrected chi connectivity index (χ4v) is 3.24. The van der Waals surface area contributed by atoms with Crippen LogP contribution in [0.1, 0.15) is 27.7 Å². The van der Waals surface area contributed by atoms with Gasteiger partial charge in [-0.3, -0.25) is 9.69 Å². The largest absolute Gasteiger partial charge is 0.477 e. The Kier molecular flexibility index (Phi) is 4.19. The van der Waals surface area contributed by atoms with Crippen molar-refractivity contribution in [3.63, 3.8) is 0 Å². The van der Waals surface area contributed by atoms with Crippen molar-refractivity contribution in [2.45, 2.75) is 38.7 Å². The fourth-order valence-electron chi connectivity index (χ4n) is 2.04. The molecule has 120 valence electrons. The summed E-state index contributed by atoms with van der Waals surface area (Å²) in [7, 11) is 0. The van der Waals surface area contributed by atoms with Crippen LogP contribution in [0.4, 0.5) is 4.79 Å². The van der Waals surface area contributed by atoms with Gasteiger partial charge in [0.2, 0.25) is 0 Å². The van der Waals surface area contributed by atoms with E-state index in [4.69, 9.17) is 4.74 Å². The average Bonchev–Trinajstić information content (AvgIpc) is 2.36. The summed E-state index contributed by atoms with van der Waals surface area (Å²) in [6, 6.07) is 0. The van der Waals surface area contributed by atoms with Gasteiger partial charge in [-0.2, -0.15) is 5.10 Å². The van der Waals surface area contributed by atoms with E-state index in [9.17, 15) is 19.5 Å². The molecule has 2 aliphatic rings. The molecule has 2 aliphatic heterocycles. The first-order chi connectivity index (χ1) is 10.1. The highest BCUT2D eigenvalue weighted by Crippen LogP contribution is 2.38. The number of carbonyl (C=O) groups is 3. The van der Waals surface area contributed by atoms with Gasteiger partial charge in [-0.15, -0.1) is 11.8 Å². The van der Waals surface area contributed by atoms with E-state index in [2.05, 4.69) is 10.5 Å². The molecule has 0 saturated carbocycles. The number of ether oxygens (including phenoxy) is 1. The molecule has 1 saturated heterocycles. The molecule has 0 spiro atoms. The normalized spacial score (nSPS) is 23.1. The molecule has 2 heterocycles. The third-order valence-electron chi connectivity index (χ3n) is 2.88. The van der Waals surface area contributed by atoms with Crippen LogP contribution in [-0.4, -0.2) is 50.4 Å². The van der Waals surface area contributed by atoms with Crippen molar-refractivity contribution in [1.29, 1.82) is 0 Å².